The van der Waals surface area contributed by atoms with E-state index in [9.17, 15) is 9.59 Å². The van der Waals surface area contributed by atoms with Crippen LogP contribution in [-0.4, -0.2) is 47.0 Å². The fourth-order valence-electron chi connectivity index (χ4n) is 4.06. The summed E-state index contributed by atoms with van der Waals surface area (Å²) in [6.07, 6.45) is 1.08. The lowest BCUT2D eigenvalue weighted by atomic mass is 9.96. The Hall–Kier alpha value is -4.15. The molecule has 10 nitrogen and oxygen atoms in total. The lowest BCUT2D eigenvalue weighted by molar-refractivity contribution is 0.0566. The lowest BCUT2D eigenvalue weighted by Crippen LogP contribution is -2.42. The Bertz CT molecular complexity index is 1390. The van der Waals surface area contributed by atoms with Crippen molar-refractivity contribution in [1.82, 2.24) is 9.97 Å². The van der Waals surface area contributed by atoms with Gasteiger partial charge in [0.2, 0.25) is 5.88 Å². The van der Waals surface area contributed by atoms with E-state index in [1.54, 1.807) is 53.7 Å². The second-order valence-electron chi connectivity index (χ2n) is 9.95. The third kappa shape index (κ3) is 5.35. The van der Waals surface area contributed by atoms with Crippen LogP contribution in [0, 0.1) is 12.7 Å². The highest BCUT2D eigenvalue weighted by Gasteiger charge is 2.32. The molecule has 0 fully saturated rings. The third-order valence-corrected chi connectivity index (χ3v) is 5.55. The summed E-state index contributed by atoms with van der Waals surface area (Å²) in [5.74, 6) is -0.248. The number of amides is 2. The van der Waals surface area contributed by atoms with Crippen molar-refractivity contribution in [2.45, 2.75) is 53.2 Å². The van der Waals surface area contributed by atoms with Crippen molar-refractivity contribution in [1.29, 1.82) is 0 Å². The summed E-state index contributed by atoms with van der Waals surface area (Å²) in [6.45, 7) is 10.9. The Balaban J connectivity index is 1.88. The zero-order chi connectivity index (χ0) is 27.1. The van der Waals surface area contributed by atoms with Gasteiger partial charge < -0.3 is 19.9 Å². The van der Waals surface area contributed by atoms with Gasteiger partial charge >= 0.3 is 12.2 Å². The average Bonchev–Trinajstić information content (AvgIpc) is 2.79. The molecule has 0 saturated heterocycles. The number of nitrogens with two attached hydrogens (primary N) is 1. The van der Waals surface area contributed by atoms with Crippen molar-refractivity contribution in [2.75, 3.05) is 29.1 Å². The number of pyridine rings is 2. The molecule has 3 heterocycles. The summed E-state index contributed by atoms with van der Waals surface area (Å²) in [4.78, 5) is 35.2. The minimum atomic E-state index is -0.811. The van der Waals surface area contributed by atoms with Crippen LogP contribution in [0.15, 0.2) is 24.5 Å². The SMILES string of the molecule is Cc1c(-c2cc3cc(N)ncc3c(NC(=O)OC(C)C)c2F)cnc2c1N(C(=O)OC(C)(C)C)CCO2. The van der Waals surface area contributed by atoms with Crippen molar-refractivity contribution in [3.8, 4) is 17.0 Å². The maximum Gasteiger partial charge on any atom is 0.415 e. The van der Waals surface area contributed by atoms with Crippen LogP contribution in [0.4, 0.5) is 31.2 Å². The first-order valence-electron chi connectivity index (χ1n) is 11.8. The Labute approximate surface area is 213 Å². The topological polar surface area (TPSA) is 129 Å². The van der Waals surface area contributed by atoms with Gasteiger partial charge in [0, 0.05) is 28.9 Å². The minimum absolute atomic E-state index is 0.108. The number of halogens is 1. The van der Waals surface area contributed by atoms with Crippen LogP contribution in [-0.2, 0) is 9.47 Å². The minimum Gasteiger partial charge on any atom is -0.474 e. The van der Waals surface area contributed by atoms with E-state index in [0.717, 1.165) is 0 Å². The largest absolute Gasteiger partial charge is 0.474 e. The van der Waals surface area contributed by atoms with Gasteiger partial charge in [0.05, 0.1) is 18.3 Å². The molecule has 4 rings (SSSR count). The van der Waals surface area contributed by atoms with Crippen LogP contribution < -0.4 is 20.7 Å². The number of aromatic nitrogens is 2. The fourth-order valence-corrected chi connectivity index (χ4v) is 4.06. The normalized spacial score (nSPS) is 13.2. The molecule has 3 aromatic rings. The van der Waals surface area contributed by atoms with E-state index >= 15 is 4.39 Å². The number of hydrogen-bond acceptors (Lipinski definition) is 8. The molecule has 2 amide bonds. The molecule has 0 atom stereocenters. The van der Waals surface area contributed by atoms with Crippen molar-refractivity contribution < 1.29 is 28.2 Å². The second kappa shape index (κ2) is 9.72. The molecule has 1 aliphatic rings. The molecule has 0 saturated carbocycles. The van der Waals surface area contributed by atoms with Gasteiger partial charge in [-0.1, -0.05) is 0 Å². The maximum absolute atomic E-state index is 16.1. The van der Waals surface area contributed by atoms with Crippen LogP contribution in [0.3, 0.4) is 0 Å². The number of nitrogens with one attached hydrogen (secondary N) is 1. The summed E-state index contributed by atoms with van der Waals surface area (Å²) < 4.78 is 32.5. The molecule has 0 spiro atoms. The number of nitrogen functional groups attached to an aromatic ring is 1. The van der Waals surface area contributed by atoms with Crippen LogP contribution in [0.5, 0.6) is 5.88 Å². The monoisotopic (exact) mass is 511 g/mol. The summed E-state index contributed by atoms with van der Waals surface area (Å²) >= 11 is 0. The number of fused-ring (bicyclic) bond motifs is 2. The predicted molar refractivity (Wildman–Crippen MR) is 138 cm³/mol. The number of carbonyl (C=O) groups is 2. The van der Waals surface area contributed by atoms with E-state index in [-0.39, 0.29) is 36.1 Å². The Morgan fingerprint density at radius 3 is 2.59 bits per heavy atom. The third-order valence-electron chi connectivity index (χ3n) is 5.55. The molecule has 0 aliphatic carbocycles. The van der Waals surface area contributed by atoms with E-state index in [2.05, 4.69) is 15.3 Å². The highest BCUT2D eigenvalue weighted by Crippen LogP contribution is 2.42. The van der Waals surface area contributed by atoms with E-state index in [0.29, 0.717) is 27.6 Å². The van der Waals surface area contributed by atoms with Gasteiger partial charge in [0.15, 0.2) is 5.82 Å². The van der Waals surface area contributed by atoms with E-state index in [1.807, 2.05) is 0 Å². The first kappa shape index (κ1) is 25.9. The van der Waals surface area contributed by atoms with Gasteiger partial charge in [0.25, 0.3) is 0 Å². The number of ether oxygens (including phenoxy) is 3. The summed E-state index contributed by atoms with van der Waals surface area (Å²) in [7, 11) is 0. The summed E-state index contributed by atoms with van der Waals surface area (Å²) in [5, 5.41) is 3.39. The molecule has 37 heavy (non-hydrogen) atoms. The van der Waals surface area contributed by atoms with Crippen molar-refractivity contribution in [3.63, 3.8) is 0 Å². The van der Waals surface area contributed by atoms with E-state index in [1.165, 1.54) is 17.3 Å². The maximum atomic E-state index is 16.1. The van der Waals surface area contributed by atoms with Crippen LogP contribution >= 0.6 is 0 Å². The molecule has 1 aliphatic heterocycles. The second-order valence-corrected chi connectivity index (χ2v) is 9.95. The molecular weight excluding hydrogens is 481 g/mol. The van der Waals surface area contributed by atoms with Gasteiger partial charge in [-0.3, -0.25) is 10.2 Å². The van der Waals surface area contributed by atoms with Crippen molar-refractivity contribution in [2.24, 2.45) is 0 Å². The summed E-state index contributed by atoms with van der Waals surface area (Å²) in [6, 6.07) is 3.17. The van der Waals surface area contributed by atoms with Crippen LogP contribution in [0.1, 0.15) is 40.2 Å². The Morgan fingerprint density at radius 1 is 1.19 bits per heavy atom. The average molecular weight is 512 g/mol. The quantitative estimate of drug-likeness (QED) is 0.477. The van der Waals surface area contributed by atoms with E-state index < -0.39 is 29.7 Å². The van der Waals surface area contributed by atoms with Gasteiger partial charge in [0.1, 0.15) is 23.7 Å². The first-order valence-corrected chi connectivity index (χ1v) is 11.8. The highest BCUT2D eigenvalue weighted by atomic mass is 19.1. The standard InChI is InChI=1S/C26H30FN5O5/c1-13(2)36-24(33)31-21-18-12-29-19(28)10-15(18)9-16(20(21)27)17-11-30-23-22(14(17)3)32(7-8-35-23)25(34)37-26(4,5)6/h9-13H,7-8H2,1-6H3,(H2,28,29)(H,31,33). The lowest BCUT2D eigenvalue weighted by Gasteiger charge is -2.32. The fraction of sp³-hybridized carbons (Fsp3) is 0.385. The molecule has 11 heteroatoms. The zero-order valence-corrected chi connectivity index (χ0v) is 21.6. The van der Waals surface area contributed by atoms with Gasteiger partial charge in [-0.05, 0) is 64.6 Å². The molecule has 0 bridgehead atoms. The highest BCUT2D eigenvalue weighted by molar-refractivity contribution is 6.04. The predicted octanol–water partition coefficient (Wildman–Crippen LogP) is 5.42. The molecular formula is C26H30FN5O5. The Kier molecular flexibility index (Phi) is 6.81. The van der Waals surface area contributed by atoms with Gasteiger partial charge in [-0.2, -0.15) is 0 Å². The van der Waals surface area contributed by atoms with Crippen molar-refractivity contribution >= 4 is 40.2 Å². The Morgan fingerprint density at radius 2 is 1.92 bits per heavy atom. The molecule has 0 radical (unpaired) electrons. The first-order chi connectivity index (χ1) is 17.4. The molecule has 2 aromatic heterocycles. The van der Waals surface area contributed by atoms with Crippen LogP contribution in [0.25, 0.3) is 21.9 Å². The summed E-state index contributed by atoms with van der Waals surface area (Å²) in [5.41, 5.74) is 6.54. The van der Waals surface area contributed by atoms with Gasteiger partial charge in [-0.15, -0.1) is 0 Å². The zero-order valence-electron chi connectivity index (χ0n) is 21.6. The van der Waals surface area contributed by atoms with Crippen LogP contribution in [0.2, 0.25) is 0 Å². The van der Waals surface area contributed by atoms with Crippen molar-refractivity contribution in [3.05, 3.63) is 35.9 Å². The van der Waals surface area contributed by atoms with Gasteiger partial charge in [-0.25, -0.2) is 23.9 Å². The van der Waals surface area contributed by atoms with E-state index in [4.69, 9.17) is 19.9 Å². The molecule has 3 N–H and O–H groups in total. The molecule has 1 aromatic carbocycles. The number of hydrogen-bond donors (Lipinski definition) is 2. The number of benzene rings is 1. The number of nitrogens with zero attached hydrogens (tertiary/aromatic N) is 3. The number of carbonyl (C=O) groups excluding carboxylic acids is 2. The number of rotatable bonds is 3. The molecule has 0 unspecified atom stereocenters. The smallest absolute Gasteiger partial charge is 0.415 e. The molecule has 196 valence electrons. The number of anilines is 3.